The van der Waals surface area contributed by atoms with Crippen molar-refractivity contribution in [2.75, 3.05) is 18.1 Å². The Morgan fingerprint density at radius 2 is 2.37 bits per heavy atom. The number of nitrogens with zero attached hydrogens (tertiary/aromatic N) is 2. The zero-order chi connectivity index (χ0) is 13.1. The maximum Gasteiger partial charge on any atom is 0.121 e. The van der Waals surface area contributed by atoms with Crippen molar-refractivity contribution < 1.29 is 4.74 Å². The SMILES string of the molecule is CCOc1ccc2c(c1)N(Cc1cnc[nH]1)CCC2. The van der Waals surface area contributed by atoms with E-state index >= 15 is 0 Å². The summed E-state index contributed by atoms with van der Waals surface area (Å²) >= 11 is 0. The quantitative estimate of drug-likeness (QED) is 0.915. The van der Waals surface area contributed by atoms with Crippen molar-refractivity contribution in [3.8, 4) is 5.75 Å². The van der Waals surface area contributed by atoms with Gasteiger partial charge in [-0.3, -0.25) is 0 Å². The van der Waals surface area contributed by atoms with Crippen molar-refractivity contribution in [3.63, 3.8) is 0 Å². The van der Waals surface area contributed by atoms with Gasteiger partial charge >= 0.3 is 0 Å². The van der Waals surface area contributed by atoms with E-state index in [1.165, 1.54) is 17.7 Å². The zero-order valence-electron chi connectivity index (χ0n) is 11.2. The minimum Gasteiger partial charge on any atom is -0.494 e. The Labute approximate surface area is 113 Å². The van der Waals surface area contributed by atoms with Crippen molar-refractivity contribution in [1.82, 2.24) is 9.97 Å². The monoisotopic (exact) mass is 257 g/mol. The van der Waals surface area contributed by atoms with Crippen LogP contribution in [0.15, 0.2) is 30.7 Å². The van der Waals surface area contributed by atoms with Crippen LogP contribution < -0.4 is 9.64 Å². The van der Waals surface area contributed by atoms with E-state index in [0.29, 0.717) is 6.61 Å². The number of aryl methyl sites for hydroxylation is 1. The number of aromatic nitrogens is 2. The number of hydrogen-bond donors (Lipinski definition) is 1. The third-order valence-corrected chi connectivity index (χ3v) is 3.50. The molecule has 2 heterocycles. The molecule has 0 bridgehead atoms. The molecule has 0 fully saturated rings. The molecule has 1 aromatic heterocycles. The van der Waals surface area contributed by atoms with Gasteiger partial charge in [-0.25, -0.2) is 4.98 Å². The molecule has 3 rings (SSSR count). The van der Waals surface area contributed by atoms with Crippen LogP contribution in [0.2, 0.25) is 0 Å². The molecule has 1 aromatic carbocycles. The van der Waals surface area contributed by atoms with Crippen LogP contribution in [0.4, 0.5) is 5.69 Å². The van der Waals surface area contributed by atoms with Crippen LogP contribution in [0.5, 0.6) is 5.75 Å². The van der Waals surface area contributed by atoms with Gasteiger partial charge in [-0.1, -0.05) is 6.07 Å². The summed E-state index contributed by atoms with van der Waals surface area (Å²) in [6.45, 7) is 4.69. The average Bonchev–Trinajstić information content (AvgIpc) is 2.93. The van der Waals surface area contributed by atoms with Crippen LogP contribution in [-0.2, 0) is 13.0 Å². The lowest BCUT2D eigenvalue weighted by Gasteiger charge is -2.31. The average molecular weight is 257 g/mol. The maximum atomic E-state index is 5.61. The van der Waals surface area contributed by atoms with E-state index in [0.717, 1.165) is 31.0 Å². The van der Waals surface area contributed by atoms with Crippen LogP contribution in [0.1, 0.15) is 24.6 Å². The number of imidazole rings is 1. The van der Waals surface area contributed by atoms with Crippen molar-refractivity contribution in [1.29, 1.82) is 0 Å². The van der Waals surface area contributed by atoms with Crippen LogP contribution in [0, 0.1) is 0 Å². The van der Waals surface area contributed by atoms with Crippen LogP contribution in [0.3, 0.4) is 0 Å². The Hall–Kier alpha value is -1.97. The number of fused-ring (bicyclic) bond motifs is 1. The van der Waals surface area contributed by atoms with Crippen LogP contribution >= 0.6 is 0 Å². The van der Waals surface area contributed by atoms with Gasteiger partial charge in [0.2, 0.25) is 0 Å². The first-order chi connectivity index (χ1) is 9.36. The Morgan fingerprint density at radius 1 is 1.42 bits per heavy atom. The number of benzene rings is 1. The van der Waals surface area contributed by atoms with Gasteiger partial charge in [-0.15, -0.1) is 0 Å². The van der Waals surface area contributed by atoms with Crippen molar-refractivity contribution in [2.24, 2.45) is 0 Å². The molecule has 0 amide bonds. The second-order valence-electron chi connectivity index (χ2n) is 4.83. The molecule has 19 heavy (non-hydrogen) atoms. The molecule has 0 spiro atoms. The Bertz CT molecular complexity index is 536. The highest BCUT2D eigenvalue weighted by Crippen LogP contribution is 2.31. The molecule has 1 aliphatic rings. The topological polar surface area (TPSA) is 41.1 Å². The third kappa shape index (κ3) is 2.57. The third-order valence-electron chi connectivity index (χ3n) is 3.50. The summed E-state index contributed by atoms with van der Waals surface area (Å²) in [6.07, 6.45) is 5.98. The number of aromatic amines is 1. The first kappa shape index (κ1) is 12.1. The number of anilines is 1. The van der Waals surface area contributed by atoms with Gasteiger partial charge in [0, 0.05) is 24.5 Å². The van der Waals surface area contributed by atoms with Crippen molar-refractivity contribution in [3.05, 3.63) is 42.0 Å². The van der Waals surface area contributed by atoms with E-state index in [2.05, 4.69) is 33.1 Å². The largest absolute Gasteiger partial charge is 0.494 e. The number of hydrogen-bond acceptors (Lipinski definition) is 3. The summed E-state index contributed by atoms with van der Waals surface area (Å²) in [7, 11) is 0. The Morgan fingerprint density at radius 3 is 3.16 bits per heavy atom. The molecular weight excluding hydrogens is 238 g/mol. The van der Waals surface area contributed by atoms with Crippen LogP contribution in [0.25, 0.3) is 0 Å². The molecule has 0 saturated heterocycles. The fraction of sp³-hybridized carbons (Fsp3) is 0.400. The van der Waals surface area contributed by atoms with Crippen molar-refractivity contribution >= 4 is 5.69 Å². The summed E-state index contributed by atoms with van der Waals surface area (Å²) < 4.78 is 5.61. The van der Waals surface area contributed by atoms with Gasteiger partial charge in [0.25, 0.3) is 0 Å². The van der Waals surface area contributed by atoms with Gasteiger partial charge < -0.3 is 14.6 Å². The summed E-state index contributed by atoms with van der Waals surface area (Å²) in [5, 5.41) is 0. The standard InChI is InChI=1S/C15H19N3O/c1-2-19-14-6-5-12-4-3-7-18(15(12)8-14)10-13-9-16-11-17-13/h5-6,8-9,11H,2-4,7,10H2,1H3,(H,16,17). The summed E-state index contributed by atoms with van der Waals surface area (Å²) in [5.41, 5.74) is 3.86. The van der Waals surface area contributed by atoms with E-state index in [1.807, 2.05) is 13.1 Å². The van der Waals surface area contributed by atoms with Gasteiger partial charge in [-0.2, -0.15) is 0 Å². The Balaban J connectivity index is 1.86. The van der Waals surface area contributed by atoms with Crippen LogP contribution in [-0.4, -0.2) is 23.1 Å². The molecule has 0 saturated carbocycles. The first-order valence-electron chi connectivity index (χ1n) is 6.84. The predicted octanol–water partition coefficient (Wildman–Crippen LogP) is 2.76. The smallest absolute Gasteiger partial charge is 0.121 e. The molecule has 0 aliphatic carbocycles. The maximum absolute atomic E-state index is 5.61. The lowest BCUT2D eigenvalue weighted by molar-refractivity contribution is 0.340. The zero-order valence-corrected chi connectivity index (χ0v) is 11.2. The van der Waals surface area contributed by atoms with Gasteiger partial charge in [-0.05, 0) is 31.4 Å². The molecule has 2 aromatic rings. The van der Waals surface area contributed by atoms with Gasteiger partial charge in [0.15, 0.2) is 0 Å². The number of rotatable bonds is 4. The Kier molecular flexibility index (Phi) is 3.40. The van der Waals surface area contributed by atoms with Gasteiger partial charge in [0.1, 0.15) is 5.75 Å². The molecular formula is C15H19N3O. The summed E-state index contributed by atoms with van der Waals surface area (Å²) in [5.74, 6) is 0.956. The number of nitrogens with one attached hydrogen (secondary N) is 1. The minimum absolute atomic E-state index is 0.708. The van der Waals surface area contributed by atoms with E-state index in [4.69, 9.17) is 4.74 Å². The molecule has 1 N–H and O–H groups in total. The second kappa shape index (κ2) is 5.34. The van der Waals surface area contributed by atoms with E-state index in [1.54, 1.807) is 6.33 Å². The molecule has 100 valence electrons. The fourth-order valence-corrected chi connectivity index (χ4v) is 2.63. The summed E-state index contributed by atoms with van der Waals surface area (Å²) in [6, 6.07) is 6.43. The van der Waals surface area contributed by atoms with E-state index in [9.17, 15) is 0 Å². The first-order valence-corrected chi connectivity index (χ1v) is 6.84. The minimum atomic E-state index is 0.708. The second-order valence-corrected chi connectivity index (χ2v) is 4.83. The molecule has 1 aliphatic heterocycles. The van der Waals surface area contributed by atoms with Crippen molar-refractivity contribution in [2.45, 2.75) is 26.3 Å². The normalized spacial score (nSPS) is 14.3. The lowest BCUT2D eigenvalue weighted by atomic mass is 10.0. The highest BCUT2D eigenvalue weighted by molar-refractivity contribution is 5.59. The molecule has 4 nitrogen and oxygen atoms in total. The lowest BCUT2D eigenvalue weighted by Crippen LogP contribution is -2.28. The highest BCUT2D eigenvalue weighted by atomic mass is 16.5. The fourth-order valence-electron chi connectivity index (χ4n) is 2.63. The van der Waals surface area contributed by atoms with E-state index in [-0.39, 0.29) is 0 Å². The molecule has 4 heteroatoms. The number of H-pyrrole nitrogens is 1. The number of ether oxygens (including phenoxy) is 1. The summed E-state index contributed by atoms with van der Waals surface area (Å²) in [4.78, 5) is 9.65. The predicted molar refractivity (Wildman–Crippen MR) is 75.6 cm³/mol. The molecule has 0 atom stereocenters. The molecule has 0 radical (unpaired) electrons. The highest BCUT2D eigenvalue weighted by Gasteiger charge is 2.18. The van der Waals surface area contributed by atoms with E-state index < -0.39 is 0 Å². The van der Waals surface area contributed by atoms with Gasteiger partial charge in [0.05, 0.1) is 25.2 Å². The molecule has 0 unspecified atom stereocenters.